The molecule has 1 aromatic heterocycles. The van der Waals surface area contributed by atoms with Crippen LogP contribution in [-0.4, -0.2) is 61.5 Å². The molecule has 3 N–H and O–H groups in total. The summed E-state index contributed by atoms with van der Waals surface area (Å²) in [5.41, 5.74) is 2.11. The fourth-order valence-corrected chi connectivity index (χ4v) is 6.10. The molecular formula is C31H43N3O5Si. The number of aromatic hydroxyl groups is 1. The highest BCUT2D eigenvalue weighted by Gasteiger charge is 2.40. The van der Waals surface area contributed by atoms with Crippen molar-refractivity contribution >= 4 is 25.2 Å². The van der Waals surface area contributed by atoms with Crippen LogP contribution in [0.1, 0.15) is 50.8 Å². The van der Waals surface area contributed by atoms with Crippen LogP contribution < -0.4 is 10.9 Å². The minimum atomic E-state index is -2.15. The van der Waals surface area contributed by atoms with Crippen LogP contribution in [0.3, 0.4) is 0 Å². The van der Waals surface area contributed by atoms with Gasteiger partial charge in [0.25, 0.3) is 0 Å². The first-order chi connectivity index (χ1) is 18.9. The summed E-state index contributed by atoms with van der Waals surface area (Å²) < 4.78 is 12.4. The van der Waals surface area contributed by atoms with Crippen molar-refractivity contribution in [2.75, 3.05) is 26.2 Å². The van der Waals surface area contributed by atoms with E-state index in [1.54, 1.807) is 12.1 Å². The van der Waals surface area contributed by atoms with E-state index in [9.17, 15) is 14.7 Å². The molecule has 1 aliphatic heterocycles. The maximum Gasteiger partial charge on any atom is 0.320 e. The van der Waals surface area contributed by atoms with Crippen LogP contribution in [0.15, 0.2) is 59.4 Å². The summed E-state index contributed by atoms with van der Waals surface area (Å²) in [6.45, 7) is 14.0. The predicted octanol–water partition coefficient (Wildman–Crippen LogP) is 5.09. The molecule has 4 rings (SSSR count). The Balaban J connectivity index is 1.39. The van der Waals surface area contributed by atoms with E-state index in [0.29, 0.717) is 31.3 Å². The molecule has 9 heteroatoms. The Hall–Kier alpha value is -2.98. The van der Waals surface area contributed by atoms with Gasteiger partial charge in [-0.2, -0.15) is 0 Å². The van der Waals surface area contributed by atoms with Crippen LogP contribution in [0.25, 0.3) is 10.9 Å². The lowest BCUT2D eigenvalue weighted by molar-refractivity contribution is -0.146. The van der Waals surface area contributed by atoms with Gasteiger partial charge in [-0.25, -0.2) is 0 Å². The van der Waals surface area contributed by atoms with Gasteiger partial charge in [-0.1, -0.05) is 57.2 Å². The number of aromatic amines is 1. The molecule has 0 radical (unpaired) electrons. The average molecular weight is 566 g/mol. The Morgan fingerprint density at radius 3 is 2.48 bits per heavy atom. The number of hydrogen-bond donors (Lipinski definition) is 3. The van der Waals surface area contributed by atoms with Gasteiger partial charge in [-0.05, 0) is 54.2 Å². The minimum absolute atomic E-state index is 0.0206. The molecule has 0 bridgehead atoms. The van der Waals surface area contributed by atoms with Gasteiger partial charge >= 0.3 is 5.97 Å². The molecule has 40 heavy (non-hydrogen) atoms. The van der Waals surface area contributed by atoms with Gasteiger partial charge in [0.15, 0.2) is 8.32 Å². The van der Waals surface area contributed by atoms with Crippen molar-refractivity contribution in [3.05, 3.63) is 76.1 Å². The van der Waals surface area contributed by atoms with Crippen LogP contribution in [0.2, 0.25) is 18.1 Å². The van der Waals surface area contributed by atoms with E-state index in [-0.39, 0.29) is 28.4 Å². The van der Waals surface area contributed by atoms with Gasteiger partial charge < -0.3 is 24.6 Å². The third-order valence-corrected chi connectivity index (χ3v) is 12.8. The largest absolute Gasteiger partial charge is 0.506 e. The topological polar surface area (TPSA) is 104 Å². The van der Waals surface area contributed by atoms with Crippen molar-refractivity contribution in [2.24, 2.45) is 0 Å². The van der Waals surface area contributed by atoms with Gasteiger partial charge in [-0.3, -0.25) is 14.5 Å². The second-order valence-electron chi connectivity index (χ2n) is 12.3. The van der Waals surface area contributed by atoms with E-state index >= 15 is 0 Å². The molecule has 0 aliphatic carbocycles. The van der Waals surface area contributed by atoms with Crippen molar-refractivity contribution < 1.29 is 19.1 Å². The normalized spacial score (nSPS) is 16.2. The lowest BCUT2D eigenvalue weighted by Gasteiger charge is -2.40. The third-order valence-electron chi connectivity index (χ3n) is 8.27. The Morgan fingerprint density at radius 2 is 1.80 bits per heavy atom. The first-order valence-corrected chi connectivity index (χ1v) is 17.0. The lowest BCUT2D eigenvalue weighted by atomic mass is 10.0. The molecule has 0 saturated carbocycles. The minimum Gasteiger partial charge on any atom is -0.506 e. The number of hydrogen-bond acceptors (Lipinski definition) is 7. The fourth-order valence-electron chi connectivity index (χ4n) is 4.82. The first-order valence-electron chi connectivity index (χ1n) is 14.1. The quantitative estimate of drug-likeness (QED) is 0.232. The number of rotatable bonds is 10. The molecule has 2 aromatic carbocycles. The van der Waals surface area contributed by atoms with Crippen molar-refractivity contribution in [1.82, 2.24) is 15.2 Å². The van der Waals surface area contributed by atoms with Crippen LogP contribution >= 0.6 is 0 Å². The van der Waals surface area contributed by atoms with Gasteiger partial charge in [0.05, 0.1) is 18.2 Å². The van der Waals surface area contributed by atoms with E-state index < -0.39 is 8.32 Å². The number of aromatic nitrogens is 1. The number of ether oxygens (including phenoxy) is 1. The summed E-state index contributed by atoms with van der Waals surface area (Å²) in [7, 11) is -2.15. The molecule has 1 atom stereocenters. The SMILES string of the molecule is CC(C)(C)[Si](C)(C)O[C@@H](CNC1CCN(CC(=O)OCc2ccccc2)CC1)c1ccc(O)c2[nH]c(=O)ccc12. The molecule has 1 aliphatic rings. The van der Waals surface area contributed by atoms with Gasteiger partial charge in [0.1, 0.15) is 12.4 Å². The van der Waals surface area contributed by atoms with E-state index in [4.69, 9.17) is 9.16 Å². The molecule has 1 saturated heterocycles. The third kappa shape index (κ3) is 7.60. The maximum atomic E-state index is 12.4. The monoisotopic (exact) mass is 565 g/mol. The van der Waals surface area contributed by atoms with Crippen LogP contribution in [0.4, 0.5) is 0 Å². The lowest BCUT2D eigenvalue weighted by Crippen LogP contribution is -2.47. The number of H-pyrrole nitrogens is 1. The molecule has 0 unspecified atom stereocenters. The van der Waals surface area contributed by atoms with Crippen molar-refractivity contribution in [3.8, 4) is 5.75 Å². The van der Waals surface area contributed by atoms with Crippen molar-refractivity contribution in [2.45, 2.75) is 70.5 Å². The highest BCUT2D eigenvalue weighted by atomic mass is 28.4. The number of pyridine rings is 1. The highest BCUT2D eigenvalue weighted by Crippen LogP contribution is 2.41. The summed E-state index contributed by atoms with van der Waals surface area (Å²) >= 11 is 0. The van der Waals surface area contributed by atoms with E-state index in [0.717, 1.165) is 42.4 Å². The fraction of sp³-hybridized carbons (Fsp3) is 0.484. The Morgan fingerprint density at radius 1 is 1.10 bits per heavy atom. The summed E-state index contributed by atoms with van der Waals surface area (Å²) in [6.07, 6.45) is 1.59. The van der Waals surface area contributed by atoms with Gasteiger partial charge in [0, 0.05) is 37.1 Å². The standard InChI is InChI=1S/C31H43N3O5Si/c1-31(2,3)40(4,5)39-27(24-11-13-26(35)30-25(24)12-14-28(36)33-30)19-32-23-15-17-34(18-16-23)20-29(37)38-21-22-9-7-6-8-10-22/h6-14,23,27,32,35H,15-21H2,1-5H3,(H,33,36)/t27-/m0/s1. The molecule has 1 fully saturated rings. The zero-order valence-corrected chi connectivity index (χ0v) is 25.3. The number of esters is 1. The zero-order chi connectivity index (χ0) is 28.9. The Bertz CT molecular complexity index is 1340. The smallest absolute Gasteiger partial charge is 0.320 e. The van der Waals surface area contributed by atoms with E-state index in [1.165, 1.54) is 6.07 Å². The highest BCUT2D eigenvalue weighted by molar-refractivity contribution is 6.74. The molecule has 3 aromatic rings. The van der Waals surface area contributed by atoms with E-state index in [2.05, 4.69) is 49.1 Å². The number of carbonyl (C=O) groups is 1. The molecule has 0 spiro atoms. The number of fused-ring (bicyclic) bond motifs is 1. The summed E-state index contributed by atoms with van der Waals surface area (Å²) in [4.78, 5) is 29.3. The predicted molar refractivity (Wildman–Crippen MR) is 161 cm³/mol. The number of benzene rings is 2. The molecular weight excluding hydrogens is 522 g/mol. The number of nitrogens with zero attached hydrogens (tertiary/aromatic N) is 1. The number of nitrogens with one attached hydrogen (secondary N) is 2. The summed E-state index contributed by atoms with van der Waals surface area (Å²) in [6, 6.07) is 16.8. The summed E-state index contributed by atoms with van der Waals surface area (Å²) in [5, 5.41) is 15.0. The van der Waals surface area contributed by atoms with E-state index in [1.807, 2.05) is 36.4 Å². The maximum absolute atomic E-state index is 12.4. The van der Waals surface area contributed by atoms with Gasteiger partial charge in [0.2, 0.25) is 5.56 Å². The number of piperidine rings is 1. The number of likely N-dealkylation sites (tertiary alicyclic amines) is 1. The van der Waals surface area contributed by atoms with Crippen LogP contribution in [-0.2, 0) is 20.6 Å². The van der Waals surface area contributed by atoms with Gasteiger partial charge in [-0.15, -0.1) is 0 Å². The van der Waals surface area contributed by atoms with Crippen molar-refractivity contribution in [1.29, 1.82) is 0 Å². The molecule has 8 nitrogen and oxygen atoms in total. The first kappa shape index (κ1) is 30.0. The second-order valence-corrected chi connectivity index (χ2v) is 17.0. The summed E-state index contributed by atoms with van der Waals surface area (Å²) in [5.74, 6) is -0.152. The van der Waals surface area contributed by atoms with Crippen LogP contribution in [0.5, 0.6) is 5.75 Å². The number of phenols is 1. The second kappa shape index (κ2) is 12.7. The van der Waals surface area contributed by atoms with Crippen LogP contribution in [0, 0.1) is 0 Å². The molecule has 2 heterocycles. The molecule has 216 valence electrons. The Kier molecular flexibility index (Phi) is 9.51. The molecule has 0 amide bonds. The van der Waals surface area contributed by atoms with Crippen molar-refractivity contribution in [3.63, 3.8) is 0 Å². The number of carbonyl (C=O) groups excluding carboxylic acids is 1. The zero-order valence-electron chi connectivity index (χ0n) is 24.3. The Labute approximate surface area is 237 Å². The number of phenolic OH excluding ortho intramolecular Hbond substituents is 1. The average Bonchev–Trinajstić information content (AvgIpc) is 2.91.